The number of nitrogens with zero attached hydrogens (tertiary/aromatic N) is 3. The molecule has 28 heavy (non-hydrogen) atoms. The monoisotopic (exact) mass is 394 g/mol. The Bertz CT molecular complexity index is 941. The first-order valence-corrected chi connectivity index (χ1v) is 9.81. The van der Waals surface area contributed by atoms with Crippen LogP contribution in [0.15, 0.2) is 72.4 Å². The van der Waals surface area contributed by atoms with Crippen LogP contribution in [0.4, 0.5) is 5.69 Å². The molecule has 144 valence electrons. The van der Waals surface area contributed by atoms with Gasteiger partial charge in [-0.05, 0) is 17.7 Å². The predicted molar refractivity (Wildman–Crippen MR) is 112 cm³/mol. The summed E-state index contributed by atoms with van der Waals surface area (Å²) in [5, 5.41) is 12.1. The van der Waals surface area contributed by atoms with Gasteiger partial charge in [-0.3, -0.25) is 4.79 Å². The van der Waals surface area contributed by atoms with Crippen LogP contribution in [0.1, 0.15) is 11.4 Å². The van der Waals surface area contributed by atoms with E-state index in [1.807, 2.05) is 41.0 Å². The van der Waals surface area contributed by atoms with Crippen molar-refractivity contribution in [2.45, 2.75) is 18.1 Å². The van der Waals surface area contributed by atoms with Gasteiger partial charge < -0.3 is 14.6 Å². The van der Waals surface area contributed by atoms with Gasteiger partial charge in [-0.25, -0.2) is 0 Å². The number of amides is 1. The molecule has 0 aliphatic rings. The third-order valence-corrected chi connectivity index (χ3v) is 4.96. The number of methoxy groups -OCH3 is 1. The maximum absolute atomic E-state index is 12.3. The van der Waals surface area contributed by atoms with Crippen LogP contribution in [0.2, 0.25) is 0 Å². The Morgan fingerprint density at radius 3 is 2.79 bits per heavy atom. The van der Waals surface area contributed by atoms with E-state index in [4.69, 9.17) is 4.74 Å². The number of carbonyl (C=O) groups is 1. The van der Waals surface area contributed by atoms with Crippen LogP contribution in [-0.4, -0.2) is 33.5 Å². The highest BCUT2D eigenvalue weighted by molar-refractivity contribution is 7.99. The van der Waals surface area contributed by atoms with E-state index >= 15 is 0 Å². The van der Waals surface area contributed by atoms with Crippen molar-refractivity contribution >= 4 is 23.4 Å². The van der Waals surface area contributed by atoms with Gasteiger partial charge in [0.1, 0.15) is 11.6 Å². The summed E-state index contributed by atoms with van der Waals surface area (Å²) in [4.78, 5) is 12.3. The molecule has 0 aliphatic heterocycles. The molecule has 0 fully saturated rings. The largest absolute Gasteiger partial charge is 0.497 e. The first-order valence-electron chi connectivity index (χ1n) is 8.83. The highest BCUT2D eigenvalue weighted by Gasteiger charge is 2.14. The Balaban J connectivity index is 1.64. The number of carbonyl (C=O) groups excluding carboxylic acids is 1. The van der Waals surface area contributed by atoms with E-state index < -0.39 is 0 Å². The number of hydrogen-bond donors (Lipinski definition) is 1. The number of ether oxygens (including phenoxy) is 1. The average molecular weight is 395 g/mol. The van der Waals surface area contributed by atoms with Crippen molar-refractivity contribution in [1.82, 2.24) is 14.8 Å². The molecule has 0 spiro atoms. The minimum atomic E-state index is -0.115. The van der Waals surface area contributed by atoms with E-state index in [-0.39, 0.29) is 11.7 Å². The van der Waals surface area contributed by atoms with Crippen molar-refractivity contribution in [3.63, 3.8) is 0 Å². The first kappa shape index (κ1) is 19.7. The Hall–Kier alpha value is -3.06. The predicted octanol–water partition coefficient (Wildman–Crippen LogP) is 3.79. The summed E-state index contributed by atoms with van der Waals surface area (Å²) in [5.41, 5.74) is 1.86. The molecule has 7 heteroatoms. The number of anilines is 1. The summed E-state index contributed by atoms with van der Waals surface area (Å²) in [6, 6.07) is 17.4. The molecule has 1 aromatic heterocycles. The molecule has 0 bridgehead atoms. The van der Waals surface area contributed by atoms with Crippen molar-refractivity contribution < 1.29 is 9.53 Å². The van der Waals surface area contributed by atoms with Gasteiger partial charge in [-0.15, -0.1) is 16.8 Å². The van der Waals surface area contributed by atoms with Crippen LogP contribution in [0, 0.1) is 0 Å². The zero-order valence-electron chi connectivity index (χ0n) is 15.7. The molecular formula is C21H22N4O2S. The molecule has 1 N–H and O–H groups in total. The van der Waals surface area contributed by atoms with E-state index in [1.165, 1.54) is 11.8 Å². The number of aromatic nitrogens is 3. The highest BCUT2D eigenvalue weighted by atomic mass is 32.2. The van der Waals surface area contributed by atoms with E-state index in [2.05, 4.69) is 34.2 Å². The van der Waals surface area contributed by atoms with E-state index in [1.54, 1.807) is 19.3 Å². The van der Waals surface area contributed by atoms with Crippen molar-refractivity contribution in [3.8, 4) is 5.75 Å². The molecule has 3 aromatic rings. The zero-order valence-corrected chi connectivity index (χ0v) is 16.5. The molecule has 1 amide bonds. The van der Waals surface area contributed by atoms with Gasteiger partial charge in [0.25, 0.3) is 0 Å². The topological polar surface area (TPSA) is 69.0 Å². The first-order chi connectivity index (χ1) is 13.7. The lowest BCUT2D eigenvalue weighted by Crippen LogP contribution is -2.15. The molecule has 2 aromatic carbocycles. The molecule has 0 aliphatic carbocycles. The van der Waals surface area contributed by atoms with Crippen LogP contribution in [-0.2, 0) is 17.8 Å². The second kappa shape index (κ2) is 9.75. The van der Waals surface area contributed by atoms with Crippen LogP contribution in [0.25, 0.3) is 0 Å². The molecule has 0 atom stereocenters. The third-order valence-electron chi connectivity index (χ3n) is 4.00. The van der Waals surface area contributed by atoms with E-state index in [0.717, 1.165) is 11.4 Å². The van der Waals surface area contributed by atoms with Gasteiger partial charge in [0, 0.05) is 24.7 Å². The van der Waals surface area contributed by atoms with Crippen molar-refractivity contribution in [1.29, 1.82) is 0 Å². The van der Waals surface area contributed by atoms with Crippen LogP contribution in [0.3, 0.4) is 0 Å². The van der Waals surface area contributed by atoms with E-state index in [0.29, 0.717) is 29.6 Å². The summed E-state index contributed by atoms with van der Waals surface area (Å²) in [5.74, 6) is 1.66. The highest BCUT2D eigenvalue weighted by Crippen LogP contribution is 2.21. The second-order valence-electron chi connectivity index (χ2n) is 6.03. The fourth-order valence-corrected chi connectivity index (χ4v) is 3.44. The van der Waals surface area contributed by atoms with Gasteiger partial charge in [0.15, 0.2) is 5.16 Å². The Morgan fingerprint density at radius 2 is 2.04 bits per heavy atom. The summed E-state index contributed by atoms with van der Waals surface area (Å²) in [6.45, 7) is 4.41. The lowest BCUT2D eigenvalue weighted by atomic mass is 10.1. The number of thioether (sulfide) groups is 1. The lowest BCUT2D eigenvalue weighted by Gasteiger charge is -2.09. The Morgan fingerprint density at radius 1 is 1.21 bits per heavy atom. The quantitative estimate of drug-likeness (QED) is 0.442. The fraction of sp³-hybridized carbons (Fsp3) is 0.190. The lowest BCUT2D eigenvalue weighted by molar-refractivity contribution is -0.113. The number of hydrogen-bond acceptors (Lipinski definition) is 5. The summed E-state index contributed by atoms with van der Waals surface area (Å²) < 4.78 is 7.16. The number of benzene rings is 2. The summed E-state index contributed by atoms with van der Waals surface area (Å²) in [6.07, 6.45) is 2.48. The fourth-order valence-electron chi connectivity index (χ4n) is 2.68. The van der Waals surface area contributed by atoms with Crippen LogP contribution >= 0.6 is 11.8 Å². The SMILES string of the molecule is C=CCn1c(Cc2ccccc2)nnc1SCC(=O)Nc1cccc(OC)c1. The summed E-state index contributed by atoms with van der Waals surface area (Å²) in [7, 11) is 1.59. The van der Waals surface area contributed by atoms with Crippen molar-refractivity contribution in [2.24, 2.45) is 0 Å². The zero-order chi connectivity index (χ0) is 19.8. The van der Waals surface area contributed by atoms with Gasteiger partial charge in [-0.1, -0.05) is 54.2 Å². The molecular weight excluding hydrogens is 372 g/mol. The van der Waals surface area contributed by atoms with Crippen molar-refractivity contribution in [3.05, 3.63) is 78.6 Å². The Kier molecular flexibility index (Phi) is 6.86. The molecule has 3 rings (SSSR count). The van der Waals surface area contributed by atoms with Crippen LogP contribution < -0.4 is 10.1 Å². The minimum Gasteiger partial charge on any atom is -0.497 e. The molecule has 0 unspecified atom stereocenters. The average Bonchev–Trinajstić information content (AvgIpc) is 3.09. The summed E-state index contributed by atoms with van der Waals surface area (Å²) >= 11 is 1.35. The molecule has 0 saturated heterocycles. The molecule has 6 nitrogen and oxygen atoms in total. The molecule has 0 radical (unpaired) electrons. The third kappa shape index (κ3) is 5.23. The second-order valence-corrected chi connectivity index (χ2v) is 6.97. The standard InChI is InChI=1S/C21H22N4O2S/c1-3-12-25-19(13-16-8-5-4-6-9-16)23-24-21(25)28-15-20(26)22-17-10-7-11-18(14-17)27-2/h3-11,14H,1,12-13,15H2,2H3,(H,22,26). The maximum atomic E-state index is 12.3. The Labute approximate surface area is 168 Å². The number of rotatable bonds is 9. The van der Waals surface area contributed by atoms with E-state index in [9.17, 15) is 4.79 Å². The minimum absolute atomic E-state index is 0.115. The van der Waals surface area contributed by atoms with Gasteiger partial charge in [0.05, 0.1) is 12.9 Å². The maximum Gasteiger partial charge on any atom is 0.234 e. The van der Waals surface area contributed by atoms with Crippen molar-refractivity contribution in [2.75, 3.05) is 18.2 Å². The van der Waals surface area contributed by atoms with Gasteiger partial charge >= 0.3 is 0 Å². The molecule has 0 saturated carbocycles. The molecule has 1 heterocycles. The van der Waals surface area contributed by atoms with Gasteiger partial charge in [-0.2, -0.15) is 0 Å². The smallest absolute Gasteiger partial charge is 0.234 e. The van der Waals surface area contributed by atoms with Gasteiger partial charge in [0.2, 0.25) is 5.91 Å². The number of nitrogens with one attached hydrogen (secondary N) is 1. The number of allylic oxidation sites excluding steroid dienone is 1. The normalized spacial score (nSPS) is 10.5. The van der Waals surface area contributed by atoms with Crippen LogP contribution in [0.5, 0.6) is 5.75 Å².